The van der Waals surface area contributed by atoms with Gasteiger partial charge in [0.1, 0.15) is 17.3 Å². The molecule has 0 saturated carbocycles. The number of nitrogens with one attached hydrogen (secondary N) is 1. The van der Waals surface area contributed by atoms with E-state index in [1.165, 1.54) is 23.0 Å². The summed E-state index contributed by atoms with van der Waals surface area (Å²) in [7, 11) is 0. The first kappa shape index (κ1) is 17.0. The van der Waals surface area contributed by atoms with Gasteiger partial charge in [-0.2, -0.15) is 5.10 Å². The van der Waals surface area contributed by atoms with Crippen molar-refractivity contribution in [3.05, 3.63) is 76.8 Å². The van der Waals surface area contributed by atoms with Gasteiger partial charge < -0.3 is 10.1 Å². The first-order chi connectivity index (χ1) is 12.0. The molecular weight excluding hydrogens is 345 g/mol. The van der Waals surface area contributed by atoms with Crippen LogP contribution in [0.25, 0.3) is 0 Å². The van der Waals surface area contributed by atoms with Crippen molar-refractivity contribution in [1.29, 1.82) is 0 Å². The zero-order chi connectivity index (χ0) is 17.8. The van der Waals surface area contributed by atoms with Crippen molar-refractivity contribution in [2.45, 2.75) is 13.7 Å². The summed E-state index contributed by atoms with van der Waals surface area (Å²) in [6.07, 6.45) is 1.47. The quantitative estimate of drug-likeness (QED) is 0.740. The highest BCUT2D eigenvalue weighted by atomic mass is 35.5. The van der Waals surface area contributed by atoms with E-state index in [2.05, 4.69) is 10.4 Å². The lowest BCUT2D eigenvalue weighted by Gasteiger charge is -2.11. The van der Waals surface area contributed by atoms with Crippen LogP contribution in [0.5, 0.6) is 5.75 Å². The van der Waals surface area contributed by atoms with Gasteiger partial charge in [-0.3, -0.25) is 4.79 Å². The molecule has 1 amide bonds. The van der Waals surface area contributed by atoms with E-state index in [9.17, 15) is 9.18 Å². The van der Waals surface area contributed by atoms with Crippen molar-refractivity contribution in [3.63, 3.8) is 0 Å². The molecule has 0 spiro atoms. The van der Waals surface area contributed by atoms with Crippen LogP contribution in [-0.4, -0.2) is 15.7 Å². The molecule has 0 fully saturated rings. The van der Waals surface area contributed by atoms with Gasteiger partial charge in [0, 0.05) is 6.20 Å². The highest BCUT2D eigenvalue weighted by Gasteiger charge is 2.15. The van der Waals surface area contributed by atoms with Crippen LogP contribution in [-0.2, 0) is 6.73 Å². The second kappa shape index (κ2) is 7.36. The smallest absolute Gasteiger partial charge is 0.274 e. The number of carbonyl (C=O) groups excluding carboxylic acids is 1. The van der Waals surface area contributed by atoms with Crippen LogP contribution < -0.4 is 10.1 Å². The molecule has 3 aromatic rings. The number of aromatic nitrogens is 2. The third kappa shape index (κ3) is 3.97. The fraction of sp³-hybridized carbons (Fsp3) is 0.111. The van der Waals surface area contributed by atoms with Gasteiger partial charge >= 0.3 is 0 Å². The molecule has 0 bridgehead atoms. The fourth-order valence-corrected chi connectivity index (χ4v) is 2.43. The molecule has 128 valence electrons. The summed E-state index contributed by atoms with van der Waals surface area (Å²) in [6.45, 7) is 1.81. The number of aryl methyl sites for hydroxylation is 1. The van der Waals surface area contributed by atoms with E-state index in [0.717, 1.165) is 5.56 Å². The van der Waals surface area contributed by atoms with Crippen LogP contribution in [0.2, 0.25) is 5.02 Å². The van der Waals surface area contributed by atoms with Gasteiger partial charge in [-0.1, -0.05) is 29.8 Å². The van der Waals surface area contributed by atoms with Gasteiger partial charge in [0.05, 0.1) is 10.7 Å². The van der Waals surface area contributed by atoms with Crippen LogP contribution in [0.1, 0.15) is 16.1 Å². The minimum absolute atomic E-state index is 0.00418. The number of anilines is 1. The molecule has 1 N–H and O–H groups in total. The molecule has 0 aliphatic rings. The third-order valence-corrected chi connectivity index (χ3v) is 3.81. The van der Waals surface area contributed by atoms with Crippen molar-refractivity contribution in [1.82, 2.24) is 9.78 Å². The molecule has 0 unspecified atom stereocenters. The average Bonchev–Trinajstić information content (AvgIpc) is 3.06. The van der Waals surface area contributed by atoms with Gasteiger partial charge in [-0.25, -0.2) is 9.07 Å². The molecule has 0 atom stereocenters. The number of carbonyl (C=O) groups is 1. The second-order valence-electron chi connectivity index (χ2n) is 5.36. The van der Waals surface area contributed by atoms with Crippen LogP contribution in [0, 0.1) is 12.7 Å². The van der Waals surface area contributed by atoms with Gasteiger partial charge in [-0.15, -0.1) is 0 Å². The number of benzene rings is 2. The first-order valence-corrected chi connectivity index (χ1v) is 7.89. The summed E-state index contributed by atoms with van der Waals surface area (Å²) in [5.74, 6) is -0.502. The van der Waals surface area contributed by atoms with Crippen molar-refractivity contribution >= 4 is 23.2 Å². The number of amides is 1. The number of halogens is 2. The van der Waals surface area contributed by atoms with Crippen molar-refractivity contribution in [2.24, 2.45) is 0 Å². The largest absolute Gasteiger partial charge is 0.470 e. The molecule has 1 aromatic heterocycles. The Morgan fingerprint density at radius 3 is 2.88 bits per heavy atom. The monoisotopic (exact) mass is 359 g/mol. The number of ether oxygens (including phenoxy) is 1. The molecule has 0 saturated heterocycles. The first-order valence-electron chi connectivity index (χ1n) is 7.51. The number of nitrogens with zero attached hydrogens (tertiary/aromatic N) is 2. The van der Waals surface area contributed by atoms with Crippen LogP contribution in [0.4, 0.5) is 10.1 Å². The van der Waals surface area contributed by atoms with Gasteiger partial charge in [0.25, 0.3) is 5.91 Å². The standard InChI is InChI=1S/C18H15ClFN3O2/c1-12-6-7-14(20)15(10-12)22-18(24)16-8-9-21-23(16)11-25-17-5-3-2-4-13(17)19/h2-10H,11H2,1H3,(H,22,24). The molecule has 3 rings (SSSR count). The van der Waals surface area contributed by atoms with Crippen LogP contribution >= 0.6 is 11.6 Å². The average molecular weight is 360 g/mol. The predicted octanol–water partition coefficient (Wildman–Crippen LogP) is 4.27. The molecule has 7 heteroatoms. The predicted molar refractivity (Wildman–Crippen MR) is 93.4 cm³/mol. The summed E-state index contributed by atoms with van der Waals surface area (Å²) >= 11 is 6.03. The number of para-hydroxylation sites is 1. The minimum atomic E-state index is -0.502. The molecular formula is C18H15ClFN3O2. The van der Waals surface area contributed by atoms with Gasteiger partial charge in [-0.05, 0) is 42.8 Å². The van der Waals surface area contributed by atoms with E-state index in [-0.39, 0.29) is 18.1 Å². The molecule has 5 nitrogen and oxygen atoms in total. The Hall–Kier alpha value is -2.86. The lowest BCUT2D eigenvalue weighted by atomic mass is 10.2. The number of hydrogen-bond acceptors (Lipinski definition) is 3. The van der Waals surface area contributed by atoms with E-state index >= 15 is 0 Å². The van der Waals surface area contributed by atoms with E-state index in [4.69, 9.17) is 16.3 Å². The van der Waals surface area contributed by atoms with Crippen molar-refractivity contribution in [3.8, 4) is 5.75 Å². The Morgan fingerprint density at radius 2 is 2.08 bits per heavy atom. The minimum Gasteiger partial charge on any atom is -0.470 e. The highest BCUT2D eigenvalue weighted by molar-refractivity contribution is 6.32. The maximum absolute atomic E-state index is 13.8. The molecule has 1 heterocycles. The van der Waals surface area contributed by atoms with Gasteiger partial charge in [0.2, 0.25) is 0 Å². The van der Waals surface area contributed by atoms with Crippen LogP contribution in [0.15, 0.2) is 54.7 Å². The van der Waals surface area contributed by atoms with Crippen molar-refractivity contribution in [2.75, 3.05) is 5.32 Å². The molecule has 2 aromatic carbocycles. The lowest BCUT2D eigenvalue weighted by Crippen LogP contribution is -2.20. The molecule has 25 heavy (non-hydrogen) atoms. The van der Waals surface area contributed by atoms with Gasteiger partial charge in [0.15, 0.2) is 6.73 Å². The zero-order valence-electron chi connectivity index (χ0n) is 13.4. The Bertz CT molecular complexity index is 911. The Kier molecular flexibility index (Phi) is 5.00. The normalized spacial score (nSPS) is 10.5. The summed E-state index contributed by atoms with van der Waals surface area (Å²) in [5.41, 5.74) is 1.20. The van der Waals surface area contributed by atoms with Crippen molar-refractivity contribution < 1.29 is 13.9 Å². The fourth-order valence-electron chi connectivity index (χ4n) is 2.24. The zero-order valence-corrected chi connectivity index (χ0v) is 14.1. The Morgan fingerprint density at radius 1 is 1.28 bits per heavy atom. The molecule has 0 aliphatic heterocycles. The van der Waals surface area contributed by atoms with E-state index in [0.29, 0.717) is 10.8 Å². The molecule has 0 radical (unpaired) electrons. The SMILES string of the molecule is Cc1ccc(F)c(NC(=O)c2ccnn2COc2ccccc2Cl)c1. The third-order valence-electron chi connectivity index (χ3n) is 3.50. The maximum atomic E-state index is 13.8. The second-order valence-corrected chi connectivity index (χ2v) is 5.76. The van der Waals surface area contributed by atoms with E-state index in [1.54, 1.807) is 36.4 Å². The summed E-state index contributed by atoms with van der Waals surface area (Å²) in [6, 6.07) is 13.0. The van der Waals surface area contributed by atoms with E-state index in [1.807, 2.05) is 6.92 Å². The topological polar surface area (TPSA) is 56.2 Å². The summed E-state index contributed by atoms with van der Waals surface area (Å²) < 4.78 is 20.8. The van der Waals surface area contributed by atoms with E-state index < -0.39 is 11.7 Å². The maximum Gasteiger partial charge on any atom is 0.274 e. The highest BCUT2D eigenvalue weighted by Crippen LogP contribution is 2.23. The number of hydrogen-bond donors (Lipinski definition) is 1. The molecule has 0 aliphatic carbocycles. The van der Waals surface area contributed by atoms with Crippen LogP contribution in [0.3, 0.4) is 0 Å². The summed E-state index contributed by atoms with van der Waals surface area (Å²) in [4.78, 5) is 12.4. The lowest BCUT2D eigenvalue weighted by molar-refractivity contribution is 0.100. The Labute approximate surface area is 149 Å². The Balaban J connectivity index is 1.73. The number of rotatable bonds is 5. The summed E-state index contributed by atoms with van der Waals surface area (Å²) in [5, 5.41) is 7.07.